The highest BCUT2D eigenvalue weighted by molar-refractivity contribution is 5.88. The number of hydrogen-bond donors (Lipinski definition) is 1. The van der Waals surface area contributed by atoms with Gasteiger partial charge in [-0.2, -0.15) is 0 Å². The van der Waals surface area contributed by atoms with Gasteiger partial charge in [0.1, 0.15) is 5.41 Å². The molecule has 25 heavy (non-hydrogen) atoms. The summed E-state index contributed by atoms with van der Waals surface area (Å²) < 4.78 is 0. The van der Waals surface area contributed by atoms with Crippen LogP contribution in [-0.2, 0) is 10.2 Å². The lowest BCUT2D eigenvalue weighted by molar-refractivity contribution is -0.141. The van der Waals surface area contributed by atoms with Crippen molar-refractivity contribution in [2.75, 3.05) is 0 Å². The summed E-state index contributed by atoms with van der Waals surface area (Å²) in [5.41, 5.74) is 2.41. The van der Waals surface area contributed by atoms with Crippen LogP contribution in [0.15, 0.2) is 84.9 Å². The summed E-state index contributed by atoms with van der Waals surface area (Å²) in [5, 5.41) is 10.0. The van der Waals surface area contributed by atoms with E-state index < -0.39 is 11.4 Å². The second kappa shape index (κ2) is 7.18. The van der Waals surface area contributed by atoms with Crippen molar-refractivity contribution >= 4 is 18.1 Å². The largest absolute Gasteiger partial charge is 0.480 e. The van der Waals surface area contributed by atoms with Gasteiger partial charge in [0.25, 0.3) is 0 Å². The minimum atomic E-state index is -1.11. The molecular weight excluding hydrogens is 308 g/mol. The van der Waals surface area contributed by atoms with E-state index in [2.05, 4.69) is 0 Å². The van der Waals surface area contributed by atoms with E-state index in [1.54, 1.807) is 6.92 Å². The summed E-state index contributed by atoms with van der Waals surface area (Å²) in [4.78, 5) is 12.2. The molecule has 0 aliphatic heterocycles. The van der Waals surface area contributed by atoms with E-state index in [1.165, 1.54) is 0 Å². The highest BCUT2D eigenvalue weighted by Crippen LogP contribution is 2.35. The fourth-order valence-corrected chi connectivity index (χ4v) is 3.01. The Hall–Kier alpha value is -3.13. The van der Waals surface area contributed by atoms with Crippen LogP contribution in [0.25, 0.3) is 12.2 Å². The molecule has 0 bridgehead atoms. The molecule has 0 unspecified atom stereocenters. The van der Waals surface area contributed by atoms with Crippen LogP contribution in [0.1, 0.15) is 29.2 Å². The zero-order chi connectivity index (χ0) is 17.7. The molecule has 3 rings (SSSR count). The average molecular weight is 328 g/mol. The van der Waals surface area contributed by atoms with Gasteiger partial charge in [0, 0.05) is 0 Å². The van der Waals surface area contributed by atoms with Crippen LogP contribution in [0.2, 0.25) is 0 Å². The lowest BCUT2D eigenvalue weighted by Crippen LogP contribution is -2.34. The van der Waals surface area contributed by atoms with Crippen molar-refractivity contribution in [3.05, 3.63) is 107 Å². The van der Waals surface area contributed by atoms with Crippen LogP contribution in [0.5, 0.6) is 0 Å². The van der Waals surface area contributed by atoms with E-state index in [9.17, 15) is 9.90 Å². The molecule has 0 aliphatic carbocycles. The fourth-order valence-electron chi connectivity index (χ4n) is 3.01. The minimum absolute atomic E-state index is 0.767. The number of rotatable bonds is 5. The Balaban J connectivity index is 2.10. The second-order valence-corrected chi connectivity index (χ2v) is 6.13. The molecular formula is C23H20O2. The number of aliphatic carboxylic acids is 1. The third-order valence-corrected chi connectivity index (χ3v) is 4.53. The Morgan fingerprint density at radius 3 is 2.00 bits per heavy atom. The topological polar surface area (TPSA) is 37.3 Å². The maximum atomic E-state index is 12.2. The van der Waals surface area contributed by atoms with Crippen LogP contribution in [0, 0.1) is 0 Å². The summed E-state index contributed by atoms with van der Waals surface area (Å²) in [7, 11) is 0. The van der Waals surface area contributed by atoms with Gasteiger partial charge < -0.3 is 5.11 Å². The molecule has 2 nitrogen and oxygen atoms in total. The molecule has 0 amide bonds. The summed E-state index contributed by atoms with van der Waals surface area (Å²) >= 11 is 0. The van der Waals surface area contributed by atoms with Gasteiger partial charge in [-0.15, -0.1) is 0 Å². The highest BCUT2D eigenvalue weighted by Gasteiger charge is 2.38. The molecule has 0 saturated heterocycles. The van der Waals surface area contributed by atoms with Gasteiger partial charge in [-0.25, -0.2) is 0 Å². The first-order valence-electron chi connectivity index (χ1n) is 8.24. The van der Waals surface area contributed by atoms with Crippen molar-refractivity contribution in [1.29, 1.82) is 0 Å². The lowest BCUT2D eigenvalue weighted by atomic mass is 9.74. The van der Waals surface area contributed by atoms with Crippen LogP contribution in [0.4, 0.5) is 0 Å². The van der Waals surface area contributed by atoms with Gasteiger partial charge in [0.15, 0.2) is 0 Å². The normalized spacial score (nSPS) is 13.5. The summed E-state index contributed by atoms with van der Waals surface area (Å²) in [6.07, 6.45) is 3.99. The summed E-state index contributed by atoms with van der Waals surface area (Å²) in [5.74, 6) is -0.862. The number of carbonyl (C=O) groups is 1. The summed E-state index contributed by atoms with van der Waals surface area (Å²) in [6, 6.07) is 27.0. The highest BCUT2D eigenvalue weighted by atomic mass is 16.4. The molecule has 0 aliphatic rings. The minimum Gasteiger partial charge on any atom is -0.480 e. The van der Waals surface area contributed by atoms with Crippen molar-refractivity contribution in [3.63, 3.8) is 0 Å². The Kier molecular flexibility index (Phi) is 4.80. The maximum Gasteiger partial charge on any atom is 0.318 e. The van der Waals surface area contributed by atoms with Crippen molar-refractivity contribution in [2.45, 2.75) is 12.3 Å². The van der Waals surface area contributed by atoms with E-state index in [-0.39, 0.29) is 0 Å². The average Bonchev–Trinajstić information content (AvgIpc) is 2.67. The molecule has 0 radical (unpaired) electrons. The van der Waals surface area contributed by atoms with Crippen LogP contribution < -0.4 is 0 Å². The SMILES string of the molecule is C[C@](C(=O)O)(c1ccccc1)c1ccccc1/C=C/c1ccccc1. The first-order chi connectivity index (χ1) is 12.1. The first-order valence-corrected chi connectivity index (χ1v) is 8.24. The molecule has 0 saturated carbocycles. The number of carboxylic acid groups (broad SMARTS) is 1. The maximum absolute atomic E-state index is 12.2. The predicted octanol–water partition coefficient (Wildman–Crippen LogP) is 5.25. The van der Waals surface area contributed by atoms with E-state index in [0.717, 1.165) is 22.3 Å². The lowest BCUT2D eigenvalue weighted by Gasteiger charge is -2.27. The van der Waals surface area contributed by atoms with Gasteiger partial charge in [0.2, 0.25) is 0 Å². The van der Waals surface area contributed by atoms with Gasteiger partial charge >= 0.3 is 5.97 Å². The Morgan fingerprint density at radius 2 is 1.36 bits per heavy atom. The fraction of sp³-hybridized carbons (Fsp3) is 0.0870. The quantitative estimate of drug-likeness (QED) is 0.650. The standard InChI is InChI=1S/C23H20O2/c1-23(22(24)25,20-13-6-3-7-14-20)21-15-9-8-12-19(21)17-16-18-10-4-2-5-11-18/h2-17H,1H3,(H,24,25)/b17-16+/t23-/m0/s1. The monoisotopic (exact) mass is 328 g/mol. The van der Waals surface area contributed by atoms with Crippen molar-refractivity contribution < 1.29 is 9.90 Å². The predicted molar refractivity (Wildman–Crippen MR) is 102 cm³/mol. The zero-order valence-corrected chi connectivity index (χ0v) is 14.1. The third kappa shape index (κ3) is 3.38. The van der Waals surface area contributed by atoms with E-state index >= 15 is 0 Å². The van der Waals surface area contributed by atoms with Crippen LogP contribution in [0.3, 0.4) is 0 Å². The van der Waals surface area contributed by atoms with E-state index in [0.29, 0.717) is 0 Å². The van der Waals surface area contributed by atoms with E-state index in [4.69, 9.17) is 0 Å². The Bertz CT molecular complexity index is 882. The van der Waals surface area contributed by atoms with Gasteiger partial charge in [-0.05, 0) is 29.2 Å². The van der Waals surface area contributed by atoms with Crippen molar-refractivity contribution in [1.82, 2.24) is 0 Å². The molecule has 3 aromatic carbocycles. The molecule has 2 heteroatoms. The molecule has 0 fully saturated rings. The molecule has 0 heterocycles. The third-order valence-electron chi connectivity index (χ3n) is 4.53. The molecule has 1 atom stereocenters. The smallest absolute Gasteiger partial charge is 0.318 e. The van der Waals surface area contributed by atoms with Crippen molar-refractivity contribution in [2.24, 2.45) is 0 Å². The van der Waals surface area contributed by atoms with E-state index in [1.807, 2.05) is 97.1 Å². The number of benzene rings is 3. The molecule has 3 aromatic rings. The van der Waals surface area contributed by atoms with Gasteiger partial charge in [-0.3, -0.25) is 4.79 Å². The summed E-state index contributed by atoms with van der Waals surface area (Å²) in [6.45, 7) is 1.76. The number of carboxylic acids is 1. The Labute approximate surface area is 148 Å². The molecule has 124 valence electrons. The molecule has 0 aromatic heterocycles. The second-order valence-electron chi connectivity index (χ2n) is 6.13. The zero-order valence-electron chi connectivity index (χ0n) is 14.1. The van der Waals surface area contributed by atoms with Crippen molar-refractivity contribution in [3.8, 4) is 0 Å². The van der Waals surface area contributed by atoms with Gasteiger partial charge in [0.05, 0.1) is 0 Å². The first kappa shape index (κ1) is 16.7. The van der Waals surface area contributed by atoms with Gasteiger partial charge in [-0.1, -0.05) is 97.1 Å². The van der Waals surface area contributed by atoms with Crippen LogP contribution >= 0.6 is 0 Å². The number of hydrogen-bond acceptors (Lipinski definition) is 1. The molecule has 1 N–H and O–H groups in total. The molecule has 0 spiro atoms. The Morgan fingerprint density at radius 1 is 0.800 bits per heavy atom. The van der Waals surface area contributed by atoms with Crippen LogP contribution in [-0.4, -0.2) is 11.1 Å².